The molecular weight excluding hydrogens is 342 g/mol. The third-order valence-corrected chi connectivity index (χ3v) is 4.71. The number of aliphatic hydroxyl groups is 1. The maximum Gasteiger partial charge on any atom is 0.410 e. The minimum absolute atomic E-state index is 0.00729. The summed E-state index contributed by atoms with van der Waals surface area (Å²) in [5.74, 6) is 0.00729. The predicted octanol–water partition coefficient (Wildman–Crippen LogP) is 3.97. The van der Waals surface area contributed by atoms with Gasteiger partial charge in [0.05, 0.1) is 19.3 Å². The van der Waals surface area contributed by atoms with Crippen LogP contribution in [0.3, 0.4) is 0 Å². The molecule has 2 aromatic rings. The molecule has 0 aliphatic carbocycles. The van der Waals surface area contributed by atoms with E-state index in [4.69, 9.17) is 9.47 Å². The first-order valence-corrected chi connectivity index (χ1v) is 9.52. The van der Waals surface area contributed by atoms with Gasteiger partial charge in [-0.05, 0) is 49.6 Å². The van der Waals surface area contributed by atoms with E-state index in [1.54, 1.807) is 4.90 Å². The van der Waals surface area contributed by atoms with Crippen LogP contribution in [0.25, 0.3) is 10.8 Å². The Balaban J connectivity index is 1.63. The lowest BCUT2D eigenvalue weighted by Gasteiger charge is -2.37. The molecule has 0 saturated carbocycles. The summed E-state index contributed by atoms with van der Waals surface area (Å²) in [7, 11) is 0. The Morgan fingerprint density at radius 2 is 1.89 bits per heavy atom. The van der Waals surface area contributed by atoms with E-state index in [-0.39, 0.29) is 24.7 Å². The molecule has 1 fully saturated rings. The molecule has 1 amide bonds. The van der Waals surface area contributed by atoms with Crippen LogP contribution in [0.1, 0.15) is 32.8 Å². The number of nitrogens with zero attached hydrogens (tertiary/aromatic N) is 1. The number of carbonyl (C=O) groups is 1. The summed E-state index contributed by atoms with van der Waals surface area (Å²) in [6.45, 7) is 7.06. The first-order valence-electron chi connectivity index (χ1n) is 9.52. The van der Waals surface area contributed by atoms with Gasteiger partial charge in [0, 0.05) is 19.1 Å². The lowest BCUT2D eigenvalue weighted by atomic mass is 9.97. The molecule has 1 aliphatic rings. The number of hydrogen-bond donors (Lipinski definition) is 1. The van der Waals surface area contributed by atoms with Crippen molar-refractivity contribution in [3.63, 3.8) is 0 Å². The summed E-state index contributed by atoms with van der Waals surface area (Å²) in [6.07, 6.45) is 0.276. The fraction of sp³-hybridized carbons (Fsp3) is 0.500. The molecule has 2 aromatic carbocycles. The Bertz CT molecular complexity index is 783. The summed E-state index contributed by atoms with van der Waals surface area (Å²) >= 11 is 0. The second-order valence-corrected chi connectivity index (χ2v) is 8.28. The van der Waals surface area contributed by atoms with Gasteiger partial charge in [0.25, 0.3) is 0 Å². The zero-order valence-electron chi connectivity index (χ0n) is 16.4. The van der Waals surface area contributed by atoms with Crippen molar-refractivity contribution in [1.29, 1.82) is 0 Å². The number of amides is 1. The van der Waals surface area contributed by atoms with Crippen LogP contribution in [0.15, 0.2) is 42.5 Å². The van der Waals surface area contributed by atoms with Gasteiger partial charge in [-0.25, -0.2) is 4.79 Å². The average Bonchev–Trinajstić information content (AvgIpc) is 2.64. The Hall–Kier alpha value is -2.11. The molecule has 27 heavy (non-hydrogen) atoms. The number of likely N-dealkylation sites (tertiary alicyclic amines) is 1. The van der Waals surface area contributed by atoms with Gasteiger partial charge < -0.3 is 19.5 Å². The third-order valence-electron chi connectivity index (χ3n) is 4.71. The summed E-state index contributed by atoms with van der Waals surface area (Å²) < 4.78 is 11.6. The minimum atomic E-state index is -0.537. The van der Waals surface area contributed by atoms with E-state index in [1.807, 2.05) is 32.9 Å². The first-order chi connectivity index (χ1) is 12.8. The van der Waals surface area contributed by atoms with Crippen LogP contribution in [0.5, 0.6) is 0 Å². The lowest BCUT2D eigenvalue weighted by molar-refractivity contribution is -0.0465. The molecule has 146 valence electrons. The van der Waals surface area contributed by atoms with Gasteiger partial charge in [-0.3, -0.25) is 0 Å². The van der Waals surface area contributed by atoms with Crippen molar-refractivity contribution < 1.29 is 19.4 Å². The van der Waals surface area contributed by atoms with Gasteiger partial charge in [0.2, 0.25) is 0 Å². The monoisotopic (exact) mass is 371 g/mol. The summed E-state index contributed by atoms with van der Waals surface area (Å²) in [6, 6.07) is 14.5. The van der Waals surface area contributed by atoms with E-state index >= 15 is 0 Å². The van der Waals surface area contributed by atoms with Gasteiger partial charge in [-0.15, -0.1) is 0 Å². The maximum absolute atomic E-state index is 12.4. The molecule has 0 bridgehead atoms. The highest BCUT2D eigenvalue weighted by molar-refractivity contribution is 5.82. The number of ether oxygens (including phenoxy) is 2. The molecule has 1 saturated heterocycles. The van der Waals surface area contributed by atoms with Crippen molar-refractivity contribution in [2.75, 3.05) is 19.7 Å². The van der Waals surface area contributed by atoms with Crippen LogP contribution in [0.2, 0.25) is 0 Å². The van der Waals surface area contributed by atoms with Crippen molar-refractivity contribution in [1.82, 2.24) is 4.90 Å². The Morgan fingerprint density at radius 3 is 2.59 bits per heavy atom. The fourth-order valence-corrected chi connectivity index (χ4v) is 3.42. The van der Waals surface area contributed by atoms with E-state index in [2.05, 4.69) is 30.3 Å². The van der Waals surface area contributed by atoms with E-state index < -0.39 is 5.60 Å². The summed E-state index contributed by atoms with van der Waals surface area (Å²) in [4.78, 5) is 14.1. The number of fused-ring (bicyclic) bond motifs is 1. The third kappa shape index (κ3) is 5.44. The lowest BCUT2D eigenvalue weighted by Crippen LogP contribution is -2.49. The standard InChI is InChI=1S/C22H29NO4/c1-22(2,3)27-21(25)23-12-17(14-24)11-20(13-23)26-15-16-8-9-18-6-4-5-7-19(18)10-16/h4-10,17,20,24H,11-15H2,1-3H3. The van der Waals surface area contributed by atoms with Gasteiger partial charge in [0.15, 0.2) is 0 Å². The molecule has 1 heterocycles. The Kier molecular flexibility index (Phi) is 6.02. The minimum Gasteiger partial charge on any atom is -0.444 e. The summed E-state index contributed by atoms with van der Waals surface area (Å²) in [5.41, 5.74) is 0.564. The molecule has 0 spiro atoms. The van der Waals surface area contributed by atoms with E-state index in [1.165, 1.54) is 10.8 Å². The zero-order valence-corrected chi connectivity index (χ0v) is 16.4. The Labute approximate surface area is 160 Å². The quantitative estimate of drug-likeness (QED) is 0.883. The number of hydrogen-bond acceptors (Lipinski definition) is 4. The van der Waals surface area contributed by atoms with E-state index in [0.717, 1.165) is 12.0 Å². The normalized spacial score (nSPS) is 20.7. The van der Waals surface area contributed by atoms with Crippen LogP contribution >= 0.6 is 0 Å². The maximum atomic E-state index is 12.4. The van der Waals surface area contributed by atoms with Crippen LogP contribution in [0.4, 0.5) is 4.79 Å². The first kappa shape index (κ1) is 19.6. The van der Waals surface area contributed by atoms with Crippen LogP contribution in [0, 0.1) is 5.92 Å². The average molecular weight is 371 g/mol. The zero-order chi connectivity index (χ0) is 19.4. The van der Waals surface area contributed by atoms with Gasteiger partial charge >= 0.3 is 6.09 Å². The molecule has 5 heteroatoms. The Morgan fingerprint density at radius 1 is 1.15 bits per heavy atom. The highest BCUT2D eigenvalue weighted by Gasteiger charge is 2.32. The van der Waals surface area contributed by atoms with Crippen molar-refractivity contribution >= 4 is 16.9 Å². The van der Waals surface area contributed by atoms with E-state index in [9.17, 15) is 9.90 Å². The molecule has 2 atom stereocenters. The smallest absolute Gasteiger partial charge is 0.410 e. The van der Waals surface area contributed by atoms with Crippen molar-refractivity contribution in [2.24, 2.45) is 5.92 Å². The van der Waals surface area contributed by atoms with Gasteiger partial charge in [-0.2, -0.15) is 0 Å². The van der Waals surface area contributed by atoms with E-state index in [0.29, 0.717) is 19.7 Å². The fourth-order valence-electron chi connectivity index (χ4n) is 3.42. The second kappa shape index (κ2) is 8.28. The molecule has 1 aliphatic heterocycles. The molecule has 0 aromatic heterocycles. The molecule has 1 N–H and O–H groups in total. The van der Waals surface area contributed by atoms with Crippen molar-refractivity contribution in [2.45, 2.75) is 45.5 Å². The molecule has 2 unspecified atom stereocenters. The van der Waals surface area contributed by atoms with Crippen molar-refractivity contribution in [3.8, 4) is 0 Å². The second-order valence-electron chi connectivity index (χ2n) is 8.28. The van der Waals surface area contributed by atoms with Gasteiger partial charge in [0.1, 0.15) is 5.60 Å². The molecular formula is C22H29NO4. The summed E-state index contributed by atoms with van der Waals surface area (Å²) in [5, 5.41) is 12.0. The molecule has 0 radical (unpaired) electrons. The highest BCUT2D eigenvalue weighted by Crippen LogP contribution is 2.23. The number of aliphatic hydroxyl groups excluding tert-OH is 1. The number of carbonyl (C=O) groups excluding carboxylic acids is 1. The molecule has 3 rings (SSSR count). The predicted molar refractivity (Wildman–Crippen MR) is 106 cm³/mol. The number of benzene rings is 2. The molecule has 5 nitrogen and oxygen atoms in total. The SMILES string of the molecule is CC(C)(C)OC(=O)N1CC(CO)CC(OCc2ccc3ccccc3c2)C1. The number of piperidine rings is 1. The number of rotatable bonds is 4. The van der Waals surface area contributed by atoms with Crippen molar-refractivity contribution in [3.05, 3.63) is 48.0 Å². The topological polar surface area (TPSA) is 59.0 Å². The largest absolute Gasteiger partial charge is 0.444 e. The van der Waals surface area contributed by atoms with Crippen LogP contribution in [-0.2, 0) is 16.1 Å². The highest BCUT2D eigenvalue weighted by atomic mass is 16.6. The van der Waals surface area contributed by atoms with Crippen LogP contribution in [-0.4, -0.2) is 47.5 Å². The van der Waals surface area contributed by atoms with Crippen LogP contribution < -0.4 is 0 Å². The van der Waals surface area contributed by atoms with Gasteiger partial charge in [-0.1, -0.05) is 36.4 Å².